The second-order valence-electron chi connectivity index (χ2n) is 5.30. The van der Waals surface area contributed by atoms with Crippen LogP contribution in [0, 0.1) is 17.8 Å². The van der Waals surface area contributed by atoms with Gasteiger partial charge in [0.1, 0.15) is 14.0 Å². The Morgan fingerprint density at radius 3 is 2.94 bits per heavy atom. The molecule has 1 aliphatic rings. The highest BCUT2D eigenvalue weighted by Gasteiger charge is 2.34. The van der Waals surface area contributed by atoms with Crippen molar-refractivity contribution in [2.45, 2.75) is 58.1 Å². The highest BCUT2D eigenvalue weighted by molar-refractivity contribution is 6.14. The van der Waals surface area contributed by atoms with Gasteiger partial charge in [0.05, 0.1) is 6.61 Å². The molecule has 3 unspecified atom stereocenters. The van der Waals surface area contributed by atoms with Crippen molar-refractivity contribution in [2.24, 2.45) is 5.92 Å². The zero-order chi connectivity index (χ0) is 13.6. The van der Waals surface area contributed by atoms with Crippen molar-refractivity contribution in [1.82, 2.24) is 0 Å². The van der Waals surface area contributed by atoms with E-state index in [1.165, 1.54) is 5.57 Å². The van der Waals surface area contributed by atoms with Crippen LogP contribution in [0.3, 0.4) is 0 Å². The normalized spacial score (nSPS) is 29.8. The van der Waals surface area contributed by atoms with Crippen molar-refractivity contribution in [3.05, 3.63) is 11.6 Å². The third-order valence-electron chi connectivity index (χ3n) is 3.31. The van der Waals surface area contributed by atoms with Gasteiger partial charge < -0.3 is 9.84 Å². The maximum Gasteiger partial charge on any atom is 0.119 e. The van der Waals surface area contributed by atoms with Crippen molar-refractivity contribution in [1.29, 1.82) is 0 Å². The first-order valence-corrected chi connectivity index (χ1v) is 6.69. The minimum absolute atomic E-state index is 0.0421. The number of unbranched alkanes of at least 4 members (excludes halogenated alkanes) is 1. The van der Waals surface area contributed by atoms with Crippen molar-refractivity contribution in [3.63, 3.8) is 0 Å². The molecular formula is C15H23BO2. The number of aliphatic hydroxyl groups excluding tert-OH is 1. The monoisotopic (exact) mass is 246 g/mol. The highest BCUT2D eigenvalue weighted by atomic mass is 16.5. The Bertz CT molecular complexity index is 349. The van der Waals surface area contributed by atoms with Crippen LogP contribution in [0.15, 0.2) is 11.6 Å². The molecule has 0 aromatic heterocycles. The lowest BCUT2D eigenvalue weighted by Crippen LogP contribution is -2.24. The Morgan fingerprint density at radius 2 is 2.39 bits per heavy atom. The quantitative estimate of drug-likeness (QED) is 0.357. The summed E-state index contributed by atoms with van der Waals surface area (Å²) in [5.74, 6) is 5.96. The summed E-state index contributed by atoms with van der Waals surface area (Å²) in [5, 5.41) is 9.91. The van der Waals surface area contributed by atoms with Gasteiger partial charge in [-0.3, -0.25) is 0 Å². The van der Waals surface area contributed by atoms with E-state index in [-0.39, 0.29) is 5.92 Å². The molecule has 1 saturated heterocycles. The zero-order valence-electron chi connectivity index (χ0n) is 11.7. The molecule has 1 fully saturated rings. The first kappa shape index (κ1) is 15.3. The van der Waals surface area contributed by atoms with Crippen LogP contribution in [-0.4, -0.2) is 31.2 Å². The van der Waals surface area contributed by atoms with E-state index in [2.05, 4.69) is 31.8 Å². The number of allylic oxidation sites excluding steroid dienone is 2. The maximum atomic E-state index is 9.91. The molecule has 18 heavy (non-hydrogen) atoms. The molecule has 0 spiro atoms. The number of rotatable bonds is 4. The zero-order valence-corrected chi connectivity index (χ0v) is 11.7. The second-order valence-corrected chi connectivity index (χ2v) is 5.30. The van der Waals surface area contributed by atoms with E-state index in [4.69, 9.17) is 12.6 Å². The van der Waals surface area contributed by atoms with Gasteiger partial charge in [-0.15, -0.1) is 5.92 Å². The minimum Gasteiger partial charge on any atom is -0.385 e. The summed E-state index contributed by atoms with van der Waals surface area (Å²) in [6, 6.07) is 0. The van der Waals surface area contributed by atoms with Crippen LogP contribution in [0.1, 0.15) is 46.5 Å². The molecule has 0 aromatic rings. The lowest BCUT2D eigenvalue weighted by atomic mass is 9.78. The summed E-state index contributed by atoms with van der Waals surface area (Å²) >= 11 is 0. The Balaban J connectivity index is 2.31. The van der Waals surface area contributed by atoms with Crippen LogP contribution >= 0.6 is 0 Å². The Morgan fingerprint density at radius 1 is 1.67 bits per heavy atom. The van der Waals surface area contributed by atoms with Crippen LogP contribution in [0.25, 0.3) is 0 Å². The van der Waals surface area contributed by atoms with E-state index in [9.17, 15) is 5.11 Å². The fourth-order valence-electron chi connectivity index (χ4n) is 1.97. The standard InChI is InChI=1S/C15H23BO2/c1-4-12(2)8-6-5-7-9-14(17)13-10-15(3,16)18-11-13/h8,13-14,17H,4-6,10-11H2,1-3H3/b12-8+. The van der Waals surface area contributed by atoms with Gasteiger partial charge >= 0.3 is 0 Å². The van der Waals surface area contributed by atoms with Gasteiger partial charge in [0.15, 0.2) is 0 Å². The predicted molar refractivity (Wildman–Crippen MR) is 75.3 cm³/mol. The van der Waals surface area contributed by atoms with E-state index >= 15 is 0 Å². The molecule has 98 valence electrons. The van der Waals surface area contributed by atoms with Crippen LogP contribution < -0.4 is 0 Å². The summed E-state index contributed by atoms with van der Waals surface area (Å²) in [6.07, 6.45) is 5.09. The molecule has 0 aromatic carbocycles. The highest BCUT2D eigenvalue weighted by Crippen LogP contribution is 2.28. The number of hydrogen-bond donors (Lipinski definition) is 1. The van der Waals surface area contributed by atoms with E-state index in [0.29, 0.717) is 13.0 Å². The molecule has 2 nitrogen and oxygen atoms in total. The summed E-state index contributed by atoms with van der Waals surface area (Å²) in [7, 11) is 5.84. The fourth-order valence-corrected chi connectivity index (χ4v) is 1.97. The largest absolute Gasteiger partial charge is 0.385 e. The van der Waals surface area contributed by atoms with Crippen LogP contribution in [-0.2, 0) is 4.74 Å². The SMILES string of the molecule is [B]C1(C)CC(C(O)C#CCC/C=C(\C)CC)CO1. The lowest BCUT2D eigenvalue weighted by Gasteiger charge is -2.16. The summed E-state index contributed by atoms with van der Waals surface area (Å²) in [6.45, 7) is 6.61. The summed E-state index contributed by atoms with van der Waals surface area (Å²) < 4.78 is 5.39. The molecule has 2 radical (unpaired) electrons. The number of ether oxygens (including phenoxy) is 1. The Hall–Kier alpha value is -0.715. The summed E-state index contributed by atoms with van der Waals surface area (Å²) in [4.78, 5) is 0. The van der Waals surface area contributed by atoms with Gasteiger partial charge in [-0.2, -0.15) is 0 Å². The molecule has 1 rings (SSSR count). The minimum atomic E-state index is -0.619. The Kier molecular flexibility index (Phi) is 5.98. The molecule has 0 bridgehead atoms. The van der Waals surface area contributed by atoms with Crippen molar-refractivity contribution >= 4 is 7.85 Å². The van der Waals surface area contributed by atoms with Gasteiger partial charge in [0, 0.05) is 17.8 Å². The molecule has 0 saturated carbocycles. The lowest BCUT2D eigenvalue weighted by molar-refractivity contribution is 0.0776. The third kappa shape index (κ3) is 5.29. The summed E-state index contributed by atoms with van der Waals surface area (Å²) in [5.41, 5.74) is 0.786. The second kappa shape index (κ2) is 7.02. The third-order valence-corrected chi connectivity index (χ3v) is 3.31. The van der Waals surface area contributed by atoms with Gasteiger partial charge in [-0.25, -0.2) is 0 Å². The average Bonchev–Trinajstić information content (AvgIpc) is 2.68. The topological polar surface area (TPSA) is 29.5 Å². The van der Waals surface area contributed by atoms with E-state index in [1.807, 2.05) is 6.92 Å². The van der Waals surface area contributed by atoms with Crippen molar-refractivity contribution < 1.29 is 9.84 Å². The maximum absolute atomic E-state index is 9.91. The van der Waals surface area contributed by atoms with Crippen molar-refractivity contribution in [3.8, 4) is 11.8 Å². The molecular weight excluding hydrogens is 223 g/mol. The van der Waals surface area contributed by atoms with Crippen molar-refractivity contribution in [2.75, 3.05) is 6.61 Å². The number of aliphatic hydroxyl groups is 1. The van der Waals surface area contributed by atoms with Crippen LogP contribution in [0.5, 0.6) is 0 Å². The number of hydrogen-bond acceptors (Lipinski definition) is 2. The molecule has 1 heterocycles. The fraction of sp³-hybridized carbons (Fsp3) is 0.733. The van der Waals surface area contributed by atoms with E-state index in [0.717, 1.165) is 19.3 Å². The smallest absolute Gasteiger partial charge is 0.119 e. The van der Waals surface area contributed by atoms with E-state index in [1.54, 1.807) is 0 Å². The van der Waals surface area contributed by atoms with Gasteiger partial charge in [0.25, 0.3) is 0 Å². The molecule has 0 aliphatic carbocycles. The Labute approximate surface area is 112 Å². The van der Waals surface area contributed by atoms with E-state index < -0.39 is 11.6 Å². The predicted octanol–water partition coefficient (Wildman–Crippen LogP) is 2.41. The van der Waals surface area contributed by atoms with Gasteiger partial charge in [-0.05, 0) is 33.1 Å². The van der Waals surface area contributed by atoms with Gasteiger partial charge in [-0.1, -0.05) is 24.5 Å². The van der Waals surface area contributed by atoms with Crippen LogP contribution in [0.2, 0.25) is 0 Å². The average molecular weight is 246 g/mol. The van der Waals surface area contributed by atoms with Gasteiger partial charge in [0.2, 0.25) is 0 Å². The van der Waals surface area contributed by atoms with Crippen LogP contribution in [0.4, 0.5) is 0 Å². The molecule has 3 heteroatoms. The molecule has 1 N–H and O–H groups in total. The first-order chi connectivity index (χ1) is 8.44. The first-order valence-electron chi connectivity index (χ1n) is 6.69. The molecule has 0 amide bonds. The molecule has 1 aliphatic heterocycles. The molecule has 3 atom stereocenters.